The molecule has 10 nitrogen and oxygen atoms in total. The molecule has 4 rings (SSSR count). The summed E-state index contributed by atoms with van der Waals surface area (Å²) >= 11 is 0. The Morgan fingerprint density at radius 1 is 0.939 bits per heavy atom. The quantitative estimate of drug-likeness (QED) is 0.363. The van der Waals surface area contributed by atoms with Gasteiger partial charge in [0, 0.05) is 22.5 Å². The SMILES string of the molecule is CCOc1ccc(NS(=O)(=O)c2ccc(C(=O)Nc3ccc(-c4nn[nH]n4)cc3)cc2)cc1. The van der Waals surface area contributed by atoms with Crippen LogP contribution in [0.4, 0.5) is 11.4 Å². The molecular formula is C22H20N6O4S. The van der Waals surface area contributed by atoms with Gasteiger partial charge < -0.3 is 10.1 Å². The first-order valence-corrected chi connectivity index (χ1v) is 11.4. The third-order valence-electron chi connectivity index (χ3n) is 4.59. The highest BCUT2D eigenvalue weighted by Crippen LogP contribution is 2.21. The van der Waals surface area contributed by atoms with Crippen LogP contribution in [0.15, 0.2) is 77.7 Å². The van der Waals surface area contributed by atoms with Gasteiger partial charge in [-0.25, -0.2) is 8.42 Å². The Bertz CT molecular complexity index is 1320. The maximum Gasteiger partial charge on any atom is 0.261 e. The van der Waals surface area contributed by atoms with Crippen molar-refractivity contribution in [2.24, 2.45) is 0 Å². The number of hydrogen-bond donors (Lipinski definition) is 3. The lowest BCUT2D eigenvalue weighted by Crippen LogP contribution is -2.14. The summed E-state index contributed by atoms with van der Waals surface area (Å²) in [6.07, 6.45) is 0. The number of nitrogens with one attached hydrogen (secondary N) is 3. The maximum atomic E-state index is 12.7. The molecule has 1 heterocycles. The van der Waals surface area contributed by atoms with Crippen molar-refractivity contribution < 1.29 is 17.9 Å². The van der Waals surface area contributed by atoms with E-state index < -0.39 is 10.0 Å². The minimum Gasteiger partial charge on any atom is -0.494 e. The van der Waals surface area contributed by atoms with Crippen LogP contribution >= 0.6 is 0 Å². The van der Waals surface area contributed by atoms with Gasteiger partial charge in [-0.15, -0.1) is 10.2 Å². The number of nitrogens with zero attached hydrogens (tertiary/aromatic N) is 3. The van der Waals surface area contributed by atoms with E-state index in [1.54, 1.807) is 48.5 Å². The molecule has 4 aromatic rings. The minimum atomic E-state index is -3.81. The average Bonchev–Trinajstić information content (AvgIpc) is 3.36. The number of ether oxygens (including phenoxy) is 1. The van der Waals surface area contributed by atoms with E-state index in [0.717, 1.165) is 5.56 Å². The molecule has 0 radical (unpaired) electrons. The number of benzene rings is 3. The molecule has 11 heteroatoms. The monoisotopic (exact) mass is 464 g/mol. The van der Waals surface area contributed by atoms with Crippen molar-refractivity contribution in [3.8, 4) is 17.1 Å². The second-order valence-electron chi connectivity index (χ2n) is 6.85. The van der Waals surface area contributed by atoms with Gasteiger partial charge in [-0.2, -0.15) is 5.21 Å². The van der Waals surface area contributed by atoms with Crippen LogP contribution in [-0.4, -0.2) is 41.6 Å². The fourth-order valence-corrected chi connectivity index (χ4v) is 4.03. The first-order valence-electron chi connectivity index (χ1n) is 9.95. The first kappa shape index (κ1) is 22.0. The van der Waals surface area contributed by atoms with Crippen molar-refractivity contribution in [1.29, 1.82) is 0 Å². The van der Waals surface area contributed by atoms with Crippen LogP contribution in [0.2, 0.25) is 0 Å². The summed E-state index contributed by atoms with van der Waals surface area (Å²) < 4.78 is 33.2. The molecule has 1 aromatic heterocycles. The van der Waals surface area contributed by atoms with E-state index in [9.17, 15) is 13.2 Å². The number of carbonyl (C=O) groups excluding carboxylic acids is 1. The number of hydrogen-bond acceptors (Lipinski definition) is 7. The lowest BCUT2D eigenvalue weighted by atomic mass is 10.1. The van der Waals surface area contributed by atoms with Crippen LogP contribution < -0.4 is 14.8 Å². The molecule has 0 aliphatic heterocycles. The molecule has 0 bridgehead atoms. The Balaban J connectivity index is 1.41. The Morgan fingerprint density at radius 2 is 1.61 bits per heavy atom. The molecule has 0 spiro atoms. The van der Waals surface area contributed by atoms with Gasteiger partial charge in [0.1, 0.15) is 5.75 Å². The van der Waals surface area contributed by atoms with Crippen LogP contribution in [0.25, 0.3) is 11.4 Å². The Hall–Kier alpha value is -4.25. The summed E-state index contributed by atoms with van der Waals surface area (Å²) in [6, 6.07) is 19.2. The molecule has 0 aliphatic carbocycles. The molecule has 0 saturated heterocycles. The predicted molar refractivity (Wildman–Crippen MR) is 122 cm³/mol. The topological polar surface area (TPSA) is 139 Å². The summed E-state index contributed by atoms with van der Waals surface area (Å²) in [5, 5.41) is 16.4. The molecule has 0 fully saturated rings. The van der Waals surface area contributed by atoms with Gasteiger partial charge >= 0.3 is 0 Å². The molecule has 0 saturated carbocycles. The van der Waals surface area contributed by atoms with Crippen molar-refractivity contribution in [1.82, 2.24) is 20.6 Å². The lowest BCUT2D eigenvalue weighted by Gasteiger charge is -2.10. The second kappa shape index (κ2) is 9.49. The van der Waals surface area contributed by atoms with Crippen LogP contribution in [-0.2, 0) is 10.0 Å². The number of H-pyrrole nitrogens is 1. The van der Waals surface area contributed by atoms with Crippen molar-refractivity contribution in [3.63, 3.8) is 0 Å². The number of sulfonamides is 1. The van der Waals surface area contributed by atoms with E-state index >= 15 is 0 Å². The summed E-state index contributed by atoms with van der Waals surface area (Å²) in [5.74, 6) is 0.731. The molecule has 0 unspecified atom stereocenters. The minimum absolute atomic E-state index is 0.0393. The molecule has 0 atom stereocenters. The number of anilines is 2. The normalized spacial score (nSPS) is 11.1. The van der Waals surface area contributed by atoms with E-state index in [-0.39, 0.29) is 10.8 Å². The number of carbonyl (C=O) groups is 1. The molecule has 0 aliphatic rings. The standard InChI is InChI=1S/C22H20N6O4S/c1-2-32-19-11-9-18(10-12-19)26-33(30,31)20-13-5-16(6-14-20)22(29)23-17-7-3-15(4-8-17)21-24-27-28-25-21/h3-14,26H,2H2,1H3,(H,23,29)(H,24,25,27,28). The van der Waals surface area contributed by atoms with Gasteiger partial charge in [0.25, 0.3) is 15.9 Å². The van der Waals surface area contributed by atoms with Crippen molar-refractivity contribution >= 4 is 27.3 Å². The van der Waals surface area contributed by atoms with Crippen molar-refractivity contribution in [2.75, 3.05) is 16.6 Å². The van der Waals surface area contributed by atoms with Crippen molar-refractivity contribution in [2.45, 2.75) is 11.8 Å². The zero-order valence-corrected chi connectivity index (χ0v) is 18.3. The van der Waals surface area contributed by atoms with E-state index in [2.05, 4.69) is 30.7 Å². The molecule has 33 heavy (non-hydrogen) atoms. The number of rotatable bonds is 8. The second-order valence-corrected chi connectivity index (χ2v) is 8.54. The van der Waals surface area contributed by atoms with E-state index in [0.29, 0.717) is 35.1 Å². The summed E-state index contributed by atoms with van der Waals surface area (Å²) in [6.45, 7) is 2.39. The Kier molecular flexibility index (Phi) is 6.31. The highest BCUT2D eigenvalue weighted by atomic mass is 32.2. The van der Waals surface area contributed by atoms with Crippen LogP contribution in [0, 0.1) is 0 Å². The molecular weight excluding hydrogens is 444 g/mol. The first-order chi connectivity index (χ1) is 15.9. The zero-order valence-electron chi connectivity index (χ0n) is 17.5. The fraction of sp³-hybridized carbons (Fsp3) is 0.0909. The summed E-state index contributed by atoms with van der Waals surface area (Å²) in [7, 11) is -3.81. The van der Waals surface area contributed by atoms with Gasteiger partial charge in [0.05, 0.1) is 11.5 Å². The van der Waals surface area contributed by atoms with Gasteiger partial charge in [-0.1, -0.05) is 0 Å². The Labute approximate surface area is 190 Å². The third kappa shape index (κ3) is 5.33. The average molecular weight is 465 g/mol. The molecule has 1 amide bonds. The van der Waals surface area contributed by atoms with Crippen LogP contribution in [0.3, 0.4) is 0 Å². The fourth-order valence-electron chi connectivity index (χ4n) is 2.98. The van der Waals surface area contributed by atoms with Gasteiger partial charge in [0.2, 0.25) is 5.82 Å². The predicted octanol–water partition coefficient (Wildman–Crippen LogP) is 3.32. The van der Waals surface area contributed by atoms with E-state index in [1.807, 2.05) is 6.92 Å². The van der Waals surface area contributed by atoms with Crippen LogP contribution in [0.5, 0.6) is 5.75 Å². The van der Waals surface area contributed by atoms with E-state index in [4.69, 9.17) is 4.74 Å². The largest absolute Gasteiger partial charge is 0.494 e. The molecule has 3 aromatic carbocycles. The maximum absolute atomic E-state index is 12.7. The number of amides is 1. The van der Waals surface area contributed by atoms with E-state index in [1.165, 1.54) is 24.3 Å². The number of tetrazole rings is 1. The molecule has 168 valence electrons. The number of aromatic nitrogens is 4. The zero-order chi connectivity index (χ0) is 23.3. The highest BCUT2D eigenvalue weighted by Gasteiger charge is 2.16. The third-order valence-corrected chi connectivity index (χ3v) is 5.99. The summed E-state index contributed by atoms with van der Waals surface area (Å²) in [4.78, 5) is 12.6. The molecule has 3 N–H and O–H groups in total. The highest BCUT2D eigenvalue weighted by molar-refractivity contribution is 7.92. The Morgan fingerprint density at radius 3 is 2.21 bits per heavy atom. The van der Waals surface area contributed by atoms with Crippen LogP contribution in [0.1, 0.15) is 17.3 Å². The lowest BCUT2D eigenvalue weighted by molar-refractivity contribution is 0.102. The number of aromatic amines is 1. The van der Waals surface area contributed by atoms with Crippen molar-refractivity contribution in [3.05, 3.63) is 78.4 Å². The van der Waals surface area contributed by atoms with Gasteiger partial charge in [0.15, 0.2) is 0 Å². The summed E-state index contributed by atoms with van der Waals surface area (Å²) in [5.41, 5.74) is 2.04. The van der Waals surface area contributed by atoms with Gasteiger partial charge in [-0.3, -0.25) is 9.52 Å². The smallest absolute Gasteiger partial charge is 0.261 e. The van der Waals surface area contributed by atoms with Gasteiger partial charge in [-0.05, 0) is 84.9 Å².